The number of carbonyl (C=O) groups excluding carboxylic acids is 1. The van der Waals surface area contributed by atoms with Crippen LogP contribution in [0.4, 0.5) is 0 Å². The predicted molar refractivity (Wildman–Crippen MR) is 74.4 cm³/mol. The lowest BCUT2D eigenvalue weighted by molar-refractivity contribution is -0.129. The highest BCUT2D eigenvalue weighted by Crippen LogP contribution is 2.22. The number of aromatic nitrogens is 1. The number of hydrogen-bond acceptors (Lipinski definition) is 2. The standard InChI is InChI=1S/C13H15BrN2O2/c1-16(4-5-17)13(18)6-9-8-15-12-7-10(14)2-3-11(9)12/h2-3,7-8,15,17H,4-6H2,1H3. The Labute approximate surface area is 114 Å². The summed E-state index contributed by atoms with van der Waals surface area (Å²) in [6.07, 6.45) is 2.21. The third-order valence-electron chi connectivity index (χ3n) is 2.93. The summed E-state index contributed by atoms with van der Waals surface area (Å²) >= 11 is 3.41. The highest BCUT2D eigenvalue weighted by molar-refractivity contribution is 9.10. The molecule has 1 amide bonds. The Bertz CT molecular complexity index is 565. The van der Waals surface area contributed by atoms with Crippen molar-refractivity contribution < 1.29 is 9.90 Å². The second-order valence-electron chi connectivity index (χ2n) is 4.22. The van der Waals surface area contributed by atoms with Gasteiger partial charge >= 0.3 is 0 Å². The van der Waals surface area contributed by atoms with Gasteiger partial charge in [0, 0.05) is 35.2 Å². The maximum atomic E-state index is 11.9. The van der Waals surface area contributed by atoms with E-state index < -0.39 is 0 Å². The van der Waals surface area contributed by atoms with E-state index in [-0.39, 0.29) is 12.5 Å². The van der Waals surface area contributed by atoms with Crippen molar-refractivity contribution in [3.05, 3.63) is 34.4 Å². The van der Waals surface area contributed by atoms with E-state index in [1.165, 1.54) is 4.90 Å². The monoisotopic (exact) mass is 310 g/mol. The number of nitrogens with one attached hydrogen (secondary N) is 1. The van der Waals surface area contributed by atoms with Crippen molar-refractivity contribution in [1.82, 2.24) is 9.88 Å². The molecule has 96 valence electrons. The van der Waals surface area contributed by atoms with Gasteiger partial charge in [-0.25, -0.2) is 0 Å². The van der Waals surface area contributed by atoms with Crippen LogP contribution >= 0.6 is 15.9 Å². The number of nitrogens with zero attached hydrogens (tertiary/aromatic N) is 1. The Morgan fingerprint density at radius 3 is 3.00 bits per heavy atom. The highest BCUT2D eigenvalue weighted by Gasteiger charge is 2.12. The van der Waals surface area contributed by atoms with Gasteiger partial charge in [0.15, 0.2) is 0 Å². The molecule has 0 atom stereocenters. The SMILES string of the molecule is CN(CCO)C(=O)Cc1c[nH]c2cc(Br)ccc12. The molecule has 1 heterocycles. The molecule has 0 spiro atoms. The van der Waals surface area contributed by atoms with Crippen LogP contribution in [0.15, 0.2) is 28.9 Å². The first kappa shape index (κ1) is 13.1. The molecule has 0 fully saturated rings. The zero-order chi connectivity index (χ0) is 13.1. The maximum absolute atomic E-state index is 11.9. The third-order valence-corrected chi connectivity index (χ3v) is 3.43. The Morgan fingerprint density at radius 1 is 1.50 bits per heavy atom. The Kier molecular flexibility index (Phi) is 4.04. The van der Waals surface area contributed by atoms with E-state index in [1.807, 2.05) is 24.4 Å². The molecule has 0 aliphatic heterocycles. The zero-order valence-corrected chi connectivity index (χ0v) is 11.7. The lowest BCUT2D eigenvalue weighted by atomic mass is 10.1. The molecule has 0 aliphatic carbocycles. The number of aromatic amines is 1. The minimum Gasteiger partial charge on any atom is -0.395 e. The van der Waals surface area contributed by atoms with Crippen LogP contribution in [0.25, 0.3) is 10.9 Å². The highest BCUT2D eigenvalue weighted by atomic mass is 79.9. The fourth-order valence-corrected chi connectivity index (χ4v) is 2.24. The van der Waals surface area contributed by atoms with Crippen molar-refractivity contribution >= 4 is 32.7 Å². The second-order valence-corrected chi connectivity index (χ2v) is 5.14. The van der Waals surface area contributed by atoms with Crippen LogP contribution in [0.3, 0.4) is 0 Å². The first-order valence-electron chi connectivity index (χ1n) is 5.72. The van der Waals surface area contributed by atoms with Crippen molar-refractivity contribution in [2.24, 2.45) is 0 Å². The fourth-order valence-electron chi connectivity index (χ4n) is 1.88. The van der Waals surface area contributed by atoms with E-state index in [2.05, 4.69) is 20.9 Å². The van der Waals surface area contributed by atoms with Gasteiger partial charge in [-0.05, 0) is 17.7 Å². The number of benzene rings is 1. The molecule has 2 aromatic rings. The van der Waals surface area contributed by atoms with E-state index >= 15 is 0 Å². The lowest BCUT2D eigenvalue weighted by Gasteiger charge is -2.15. The number of halogens is 1. The van der Waals surface area contributed by atoms with E-state index in [0.717, 1.165) is 20.9 Å². The number of rotatable bonds is 4. The Morgan fingerprint density at radius 2 is 2.28 bits per heavy atom. The normalized spacial score (nSPS) is 10.8. The van der Waals surface area contributed by atoms with E-state index in [9.17, 15) is 4.79 Å². The molecule has 0 aliphatic rings. The van der Waals surface area contributed by atoms with Gasteiger partial charge in [-0.1, -0.05) is 22.0 Å². The topological polar surface area (TPSA) is 56.3 Å². The van der Waals surface area contributed by atoms with Crippen LogP contribution in [0.1, 0.15) is 5.56 Å². The molecule has 5 heteroatoms. The molecular weight excluding hydrogens is 296 g/mol. The van der Waals surface area contributed by atoms with Crippen LogP contribution in [0, 0.1) is 0 Å². The summed E-state index contributed by atoms with van der Waals surface area (Å²) in [6, 6.07) is 5.94. The molecule has 0 bridgehead atoms. The van der Waals surface area contributed by atoms with E-state index in [0.29, 0.717) is 13.0 Å². The second kappa shape index (κ2) is 5.54. The summed E-state index contributed by atoms with van der Waals surface area (Å²) in [4.78, 5) is 16.6. The molecule has 2 rings (SSSR count). The first-order valence-corrected chi connectivity index (χ1v) is 6.51. The van der Waals surface area contributed by atoms with Crippen LogP contribution in [0.5, 0.6) is 0 Å². The van der Waals surface area contributed by atoms with Crippen LogP contribution < -0.4 is 0 Å². The van der Waals surface area contributed by atoms with Crippen molar-refractivity contribution in [2.45, 2.75) is 6.42 Å². The number of H-pyrrole nitrogens is 1. The van der Waals surface area contributed by atoms with Crippen molar-refractivity contribution in [3.63, 3.8) is 0 Å². The summed E-state index contributed by atoms with van der Waals surface area (Å²) in [5.41, 5.74) is 1.99. The largest absolute Gasteiger partial charge is 0.395 e. The molecule has 0 saturated carbocycles. The van der Waals surface area contributed by atoms with Gasteiger partial charge < -0.3 is 15.0 Å². The number of amides is 1. The van der Waals surface area contributed by atoms with Crippen molar-refractivity contribution in [1.29, 1.82) is 0 Å². The molecule has 4 nitrogen and oxygen atoms in total. The van der Waals surface area contributed by atoms with Crippen LogP contribution in [-0.2, 0) is 11.2 Å². The van der Waals surface area contributed by atoms with Gasteiger partial charge in [0.1, 0.15) is 0 Å². The van der Waals surface area contributed by atoms with Crippen molar-refractivity contribution in [2.75, 3.05) is 20.2 Å². The molecule has 0 saturated heterocycles. The van der Waals surface area contributed by atoms with Gasteiger partial charge in [0.25, 0.3) is 0 Å². The first-order chi connectivity index (χ1) is 8.61. The van der Waals surface area contributed by atoms with Gasteiger partial charge in [0.2, 0.25) is 5.91 Å². The van der Waals surface area contributed by atoms with E-state index in [1.54, 1.807) is 7.05 Å². The molecule has 0 radical (unpaired) electrons. The number of aliphatic hydroxyl groups excluding tert-OH is 1. The maximum Gasteiger partial charge on any atom is 0.226 e. The van der Waals surface area contributed by atoms with Crippen molar-refractivity contribution in [3.8, 4) is 0 Å². The van der Waals surface area contributed by atoms with Gasteiger partial charge in [0.05, 0.1) is 13.0 Å². The number of likely N-dealkylation sites (N-methyl/N-ethyl adjacent to an activating group) is 1. The predicted octanol–water partition coefficient (Wildman–Crippen LogP) is 1.92. The summed E-state index contributed by atoms with van der Waals surface area (Å²) in [7, 11) is 1.70. The average molecular weight is 311 g/mol. The molecule has 18 heavy (non-hydrogen) atoms. The molecule has 2 N–H and O–H groups in total. The number of fused-ring (bicyclic) bond motifs is 1. The third kappa shape index (κ3) is 2.73. The zero-order valence-electron chi connectivity index (χ0n) is 10.1. The average Bonchev–Trinajstić information content (AvgIpc) is 2.72. The lowest BCUT2D eigenvalue weighted by Crippen LogP contribution is -2.30. The molecule has 1 aromatic carbocycles. The van der Waals surface area contributed by atoms with Crippen LogP contribution in [0.2, 0.25) is 0 Å². The van der Waals surface area contributed by atoms with Gasteiger partial charge in [-0.2, -0.15) is 0 Å². The molecular formula is C13H15BrN2O2. The van der Waals surface area contributed by atoms with Gasteiger partial charge in [-0.15, -0.1) is 0 Å². The fraction of sp³-hybridized carbons (Fsp3) is 0.308. The Balaban J connectivity index is 2.19. The summed E-state index contributed by atoms with van der Waals surface area (Å²) in [5, 5.41) is 9.87. The summed E-state index contributed by atoms with van der Waals surface area (Å²) < 4.78 is 1.01. The van der Waals surface area contributed by atoms with Gasteiger partial charge in [-0.3, -0.25) is 4.79 Å². The minimum atomic E-state index is -0.0108. The quantitative estimate of drug-likeness (QED) is 0.906. The molecule has 0 unspecified atom stereocenters. The number of carbonyl (C=O) groups is 1. The summed E-state index contributed by atoms with van der Waals surface area (Å²) in [5.74, 6) is 0.00729. The Hall–Kier alpha value is -1.33. The number of aliphatic hydroxyl groups is 1. The number of hydrogen-bond donors (Lipinski definition) is 2. The smallest absolute Gasteiger partial charge is 0.226 e. The van der Waals surface area contributed by atoms with Crippen LogP contribution in [-0.4, -0.2) is 41.1 Å². The minimum absolute atomic E-state index is 0.00729. The summed E-state index contributed by atoms with van der Waals surface area (Å²) in [6.45, 7) is 0.357. The van der Waals surface area contributed by atoms with E-state index in [4.69, 9.17) is 5.11 Å². The molecule has 1 aromatic heterocycles.